The van der Waals surface area contributed by atoms with Crippen LogP contribution >= 0.6 is 0 Å². The van der Waals surface area contributed by atoms with Crippen molar-refractivity contribution in [2.75, 3.05) is 6.54 Å². The first-order chi connectivity index (χ1) is 8.49. The number of rotatable bonds is 6. The molecule has 0 atom stereocenters. The molecule has 0 heterocycles. The van der Waals surface area contributed by atoms with E-state index in [9.17, 15) is 18.5 Å². The van der Waals surface area contributed by atoms with E-state index < -0.39 is 20.6 Å². The Morgan fingerprint density at radius 2 is 2.00 bits per heavy atom. The number of benzene rings is 1. The van der Waals surface area contributed by atoms with Crippen LogP contribution in [0.2, 0.25) is 0 Å². The van der Waals surface area contributed by atoms with Crippen LogP contribution in [0.1, 0.15) is 13.3 Å². The van der Waals surface area contributed by atoms with E-state index in [4.69, 9.17) is 0 Å². The fourth-order valence-corrected chi connectivity index (χ4v) is 2.47. The Balaban J connectivity index is 2.98. The van der Waals surface area contributed by atoms with E-state index in [1.807, 2.05) is 13.0 Å². The third kappa shape index (κ3) is 3.64. The minimum Gasteiger partial charge on any atom is -0.258 e. The van der Waals surface area contributed by atoms with Crippen molar-refractivity contribution < 1.29 is 13.3 Å². The molecule has 0 saturated heterocycles. The van der Waals surface area contributed by atoms with Gasteiger partial charge < -0.3 is 0 Å². The summed E-state index contributed by atoms with van der Waals surface area (Å²) in [7, 11) is -3.86. The van der Waals surface area contributed by atoms with Gasteiger partial charge in [0.05, 0.1) is 4.92 Å². The van der Waals surface area contributed by atoms with Crippen molar-refractivity contribution in [3.05, 3.63) is 46.5 Å². The first-order valence-corrected chi connectivity index (χ1v) is 6.85. The molecule has 1 aromatic carbocycles. The Kier molecular flexibility index (Phi) is 4.99. The number of hydrogen-bond donors (Lipinski definition) is 1. The average molecular weight is 270 g/mol. The number of hydrogen-bond acceptors (Lipinski definition) is 4. The molecule has 1 N–H and O–H groups in total. The van der Waals surface area contributed by atoms with Gasteiger partial charge in [-0.25, -0.2) is 13.1 Å². The molecule has 0 unspecified atom stereocenters. The van der Waals surface area contributed by atoms with Gasteiger partial charge in [-0.1, -0.05) is 31.2 Å². The zero-order chi connectivity index (χ0) is 13.6. The van der Waals surface area contributed by atoms with Gasteiger partial charge in [0, 0.05) is 12.6 Å². The zero-order valence-electron chi connectivity index (χ0n) is 9.87. The average Bonchev–Trinajstić information content (AvgIpc) is 2.35. The molecule has 0 aromatic heterocycles. The highest BCUT2D eigenvalue weighted by Gasteiger charge is 2.24. The predicted octanol–water partition coefficient (Wildman–Crippen LogP) is 1.84. The summed E-state index contributed by atoms with van der Waals surface area (Å²) in [5, 5.41) is 10.7. The predicted molar refractivity (Wildman–Crippen MR) is 67.7 cm³/mol. The monoisotopic (exact) mass is 270 g/mol. The highest BCUT2D eigenvalue weighted by Crippen LogP contribution is 2.22. The zero-order valence-corrected chi connectivity index (χ0v) is 10.7. The van der Waals surface area contributed by atoms with E-state index in [0.29, 0.717) is 0 Å². The van der Waals surface area contributed by atoms with Crippen molar-refractivity contribution >= 4 is 15.7 Å². The van der Waals surface area contributed by atoms with Crippen molar-refractivity contribution in [2.45, 2.75) is 18.2 Å². The van der Waals surface area contributed by atoms with Gasteiger partial charge >= 0.3 is 0 Å². The summed E-state index contributed by atoms with van der Waals surface area (Å²) in [6, 6.07) is 5.25. The summed E-state index contributed by atoms with van der Waals surface area (Å²) < 4.78 is 26.0. The van der Waals surface area contributed by atoms with Crippen LogP contribution < -0.4 is 4.72 Å². The Bertz CT molecular complexity index is 552. The number of nitrogens with one attached hydrogen (secondary N) is 1. The fraction of sp³-hybridized carbons (Fsp3) is 0.273. The summed E-state index contributed by atoms with van der Waals surface area (Å²) in [5.74, 6) is 0. The maximum absolute atomic E-state index is 11.9. The molecular weight excluding hydrogens is 256 g/mol. The number of para-hydroxylation sites is 1. The summed E-state index contributed by atoms with van der Waals surface area (Å²) in [6.45, 7) is 2.04. The van der Waals surface area contributed by atoms with Gasteiger partial charge in [0.15, 0.2) is 4.90 Å². The molecule has 18 heavy (non-hydrogen) atoms. The number of allylic oxidation sites excluding steroid dienone is 1. The first-order valence-electron chi connectivity index (χ1n) is 5.37. The second-order valence-electron chi connectivity index (χ2n) is 3.46. The van der Waals surface area contributed by atoms with Crippen molar-refractivity contribution in [1.82, 2.24) is 4.72 Å². The molecule has 0 spiro atoms. The lowest BCUT2D eigenvalue weighted by atomic mass is 10.3. The second kappa shape index (κ2) is 6.27. The molecule has 0 bridgehead atoms. The molecule has 98 valence electrons. The molecule has 0 aliphatic carbocycles. The van der Waals surface area contributed by atoms with E-state index in [1.165, 1.54) is 18.2 Å². The molecule has 0 radical (unpaired) electrons. The van der Waals surface area contributed by atoms with Gasteiger partial charge in [-0.2, -0.15) is 0 Å². The third-order valence-corrected chi connectivity index (χ3v) is 3.62. The topological polar surface area (TPSA) is 89.3 Å². The SMILES string of the molecule is CC/C=C/CNS(=O)(=O)c1ccccc1[N+](=O)[O-]. The van der Waals surface area contributed by atoms with E-state index in [1.54, 1.807) is 6.08 Å². The van der Waals surface area contributed by atoms with Gasteiger partial charge in [-0.05, 0) is 12.5 Å². The molecule has 1 aromatic rings. The van der Waals surface area contributed by atoms with Crippen LogP contribution in [0.3, 0.4) is 0 Å². The molecule has 7 heteroatoms. The van der Waals surface area contributed by atoms with Crippen molar-refractivity contribution in [2.24, 2.45) is 0 Å². The Morgan fingerprint density at radius 3 is 2.61 bits per heavy atom. The lowest BCUT2D eigenvalue weighted by Crippen LogP contribution is -2.24. The lowest BCUT2D eigenvalue weighted by Gasteiger charge is -2.04. The summed E-state index contributed by atoms with van der Waals surface area (Å²) >= 11 is 0. The van der Waals surface area contributed by atoms with Crippen molar-refractivity contribution in [3.63, 3.8) is 0 Å². The molecule has 0 amide bonds. The quantitative estimate of drug-likeness (QED) is 0.485. The van der Waals surface area contributed by atoms with Crippen LogP contribution in [0.5, 0.6) is 0 Å². The van der Waals surface area contributed by atoms with Gasteiger partial charge in [0.1, 0.15) is 0 Å². The van der Waals surface area contributed by atoms with Crippen LogP contribution in [0, 0.1) is 10.1 Å². The maximum Gasteiger partial charge on any atom is 0.289 e. The number of nitro groups is 1. The highest BCUT2D eigenvalue weighted by molar-refractivity contribution is 7.89. The van der Waals surface area contributed by atoms with Gasteiger partial charge in [-0.15, -0.1) is 0 Å². The normalized spacial score (nSPS) is 11.8. The van der Waals surface area contributed by atoms with Crippen LogP contribution in [-0.2, 0) is 10.0 Å². The molecule has 1 rings (SSSR count). The molecule has 0 saturated carbocycles. The van der Waals surface area contributed by atoms with Crippen LogP contribution in [0.4, 0.5) is 5.69 Å². The second-order valence-corrected chi connectivity index (χ2v) is 5.19. The molecule has 0 aliphatic rings. The van der Waals surface area contributed by atoms with E-state index in [-0.39, 0.29) is 11.4 Å². The van der Waals surface area contributed by atoms with Crippen LogP contribution in [-0.4, -0.2) is 19.9 Å². The van der Waals surface area contributed by atoms with E-state index in [0.717, 1.165) is 12.5 Å². The van der Waals surface area contributed by atoms with E-state index in [2.05, 4.69) is 4.72 Å². The van der Waals surface area contributed by atoms with Crippen molar-refractivity contribution in [3.8, 4) is 0 Å². The molecule has 0 fully saturated rings. The highest BCUT2D eigenvalue weighted by atomic mass is 32.2. The van der Waals surface area contributed by atoms with E-state index >= 15 is 0 Å². The summed E-state index contributed by atoms with van der Waals surface area (Å²) in [6.07, 6.45) is 4.27. The minimum atomic E-state index is -3.86. The molecule has 6 nitrogen and oxygen atoms in total. The van der Waals surface area contributed by atoms with Crippen molar-refractivity contribution in [1.29, 1.82) is 0 Å². The minimum absolute atomic E-state index is 0.113. The summed E-state index contributed by atoms with van der Waals surface area (Å²) in [4.78, 5) is 9.71. The Labute approximate surface area is 106 Å². The maximum atomic E-state index is 11.9. The largest absolute Gasteiger partial charge is 0.289 e. The van der Waals surface area contributed by atoms with Gasteiger partial charge in [0.2, 0.25) is 10.0 Å². The van der Waals surface area contributed by atoms with Crippen LogP contribution in [0.15, 0.2) is 41.3 Å². The summed E-state index contributed by atoms with van der Waals surface area (Å²) in [5.41, 5.74) is -0.426. The first kappa shape index (κ1) is 14.3. The number of nitro benzene ring substituents is 1. The standard InChI is InChI=1S/C11H14N2O4S/c1-2-3-6-9-12-18(16,17)11-8-5-4-7-10(11)13(14)15/h3-8,12H,2,9H2,1H3/b6-3+. The number of nitrogens with zero attached hydrogens (tertiary/aromatic N) is 1. The fourth-order valence-electron chi connectivity index (χ4n) is 1.32. The third-order valence-electron chi connectivity index (χ3n) is 2.15. The molecular formula is C11H14N2O4S. The smallest absolute Gasteiger partial charge is 0.258 e. The lowest BCUT2D eigenvalue weighted by molar-refractivity contribution is -0.387. The number of sulfonamides is 1. The van der Waals surface area contributed by atoms with Gasteiger partial charge in [0.25, 0.3) is 5.69 Å². The van der Waals surface area contributed by atoms with Gasteiger partial charge in [-0.3, -0.25) is 10.1 Å². The Morgan fingerprint density at radius 1 is 1.33 bits per heavy atom. The Hall–Kier alpha value is -1.73. The van der Waals surface area contributed by atoms with Crippen LogP contribution in [0.25, 0.3) is 0 Å². The molecule has 0 aliphatic heterocycles.